The van der Waals surface area contributed by atoms with Crippen LogP contribution in [0.2, 0.25) is 0 Å². The van der Waals surface area contributed by atoms with Gasteiger partial charge in [0.2, 0.25) is 0 Å². The van der Waals surface area contributed by atoms with Crippen molar-refractivity contribution in [1.82, 2.24) is 15.1 Å². The number of anilines is 1. The monoisotopic (exact) mass is 236 g/mol. The number of rotatable bonds is 4. The number of aryl methyl sites for hydroxylation is 1. The van der Waals surface area contributed by atoms with Crippen molar-refractivity contribution in [2.45, 2.75) is 12.5 Å². The maximum absolute atomic E-state index is 11.4. The van der Waals surface area contributed by atoms with Crippen LogP contribution in [0.1, 0.15) is 6.42 Å². The number of urea groups is 1. The van der Waals surface area contributed by atoms with Crippen LogP contribution < -0.4 is 10.6 Å². The number of carbonyl (C=O) groups excluding carboxylic acids is 1. The summed E-state index contributed by atoms with van der Waals surface area (Å²) in [5.41, 5.74) is 0. The van der Waals surface area contributed by atoms with Gasteiger partial charge < -0.3 is 10.4 Å². The first-order chi connectivity index (χ1) is 8.02. The highest BCUT2D eigenvalue weighted by Gasteiger charge is 2.18. The summed E-state index contributed by atoms with van der Waals surface area (Å²) in [7, 11) is 1.70. The molecule has 0 aliphatic rings. The van der Waals surface area contributed by atoms with Crippen LogP contribution in [-0.2, 0) is 11.8 Å². The van der Waals surface area contributed by atoms with Crippen LogP contribution in [0.3, 0.4) is 0 Å². The van der Waals surface area contributed by atoms with Crippen LogP contribution in [0.5, 0.6) is 0 Å². The molecule has 3 N–H and O–H groups in total. The zero-order chi connectivity index (χ0) is 12.8. The molecule has 0 aliphatic carbocycles. The quantitative estimate of drug-likeness (QED) is 0.642. The Bertz CT molecular complexity index is 460. The molecule has 0 aromatic carbocycles. The highest BCUT2D eigenvalue weighted by molar-refractivity contribution is 5.91. The van der Waals surface area contributed by atoms with Gasteiger partial charge >= 0.3 is 12.0 Å². The number of carbonyl (C=O) groups is 2. The first-order valence-electron chi connectivity index (χ1n) is 4.76. The zero-order valence-electron chi connectivity index (χ0n) is 9.17. The van der Waals surface area contributed by atoms with E-state index in [9.17, 15) is 9.59 Å². The number of hydrogen-bond donors (Lipinski definition) is 3. The summed E-state index contributed by atoms with van der Waals surface area (Å²) >= 11 is 0. The summed E-state index contributed by atoms with van der Waals surface area (Å²) in [5.74, 6) is 1.33. The molecule has 0 fully saturated rings. The molecule has 0 saturated heterocycles. The van der Waals surface area contributed by atoms with Gasteiger partial charge in [-0.25, -0.2) is 9.59 Å². The number of terminal acetylenes is 1. The van der Waals surface area contributed by atoms with Crippen LogP contribution in [-0.4, -0.2) is 32.9 Å². The van der Waals surface area contributed by atoms with Crippen molar-refractivity contribution in [3.8, 4) is 12.3 Å². The Labute approximate surface area is 97.8 Å². The summed E-state index contributed by atoms with van der Waals surface area (Å²) < 4.78 is 1.51. The Kier molecular flexibility index (Phi) is 4.11. The second kappa shape index (κ2) is 5.55. The molecule has 7 heteroatoms. The Hall–Kier alpha value is -2.49. The number of nitrogens with one attached hydrogen (secondary N) is 2. The predicted molar refractivity (Wildman–Crippen MR) is 60.2 cm³/mol. The van der Waals surface area contributed by atoms with Crippen LogP contribution in [0.15, 0.2) is 12.3 Å². The lowest BCUT2D eigenvalue weighted by molar-refractivity contribution is -0.139. The van der Waals surface area contributed by atoms with Crippen molar-refractivity contribution >= 4 is 17.8 Å². The van der Waals surface area contributed by atoms with Crippen LogP contribution in [0.25, 0.3) is 0 Å². The van der Waals surface area contributed by atoms with Crippen molar-refractivity contribution in [2.24, 2.45) is 7.05 Å². The smallest absolute Gasteiger partial charge is 0.327 e. The van der Waals surface area contributed by atoms with Gasteiger partial charge in [0, 0.05) is 25.7 Å². The highest BCUT2D eigenvalue weighted by atomic mass is 16.4. The van der Waals surface area contributed by atoms with E-state index in [2.05, 4.69) is 21.7 Å². The summed E-state index contributed by atoms with van der Waals surface area (Å²) in [6, 6.07) is -0.189. The summed E-state index contributed by atoms with van der Waals surface area (Å²) in [6.07, 6.45) is 6.56. The number of nitrogens with zero attached hydrogens (tertiary/aromatic N) is 2. The molecule has 0 radical (unpaired) electrons. The van der Waals surface area contributed by atoms with Gasteiger partial charge in [0.25, 0.3) is 0 Å². The first-order valence-corrected chi connectivity index (χ1v) is 4.76. The highest BCUT2D eigenvalue weighted by Crippen LogP contribution is 2.00. The van der Waals surface area contributed by atoms with Crippen molar-refractivity contribution in [1.29, 1.82) is 0 Å². The standard InChI is InChI=1S/C10H12N4O3/c1-3-4-7(9(15)16)11-10(17)12-8-5-6-14(2)13-8/h1,5-7H,4H2,2H3,(H,15,16)(H2,11,12,13,17). The fourth-order valence-electron chi connectivity index (χ4n) is 1.11. The van der Waals surface area contributed by atoms with Gasteiger partial charge in [-0.15, -0.1) is 12.3 Å². The van der Waals surface area contributed by atoms with Gasteiger partial charge in [0.05, 0.1) is 0 Å². The van der Waals surface area contributed by atoms with Crippen LogP contribution in [0, 0.1) is 12.3 Å². The number of carboxylic acids is 1. The van der Waals surface area contributed by atoms with Gasteiger partial charge in [0.1, 0.15) is 6.04 Å². The molecule has 90 valence electrons. The molecular formula is C10H12N4O3. The first kappa shape index (κ1) is 12.6. The minimum atomic E-state index is -1.18. The summed E-state index contributed by atoms with van der Waals surface area (Å²) in [5, 5.41) is 17.3. The molecule has 1 aromatic rings. The molecule has 7 nitrogen and oxygen atoms in total. The lowest BCUT2D eigenvalue weighted by Crippen LogP contribution is -2.42. The van der Waals surface area contributed by atoms with E-state index in [1.807, 2.05) is 0 Å². The average Bonchev–Trinajstić information content (AvgIpc) is 2.63. The van der Waals surface area contributed by atoms with Gasteiger partial charge in [-0.05, 0) is 0 Å². The average molecular weight is 236 g/mol. The van der Waals surface area contributed by atoms with E-state index in [-0.39, 0.29) is 6.42 Å². The van der Waals surface area contributed by atoms with Gasteiger partial charge in [-0.2, -0.15) is 5.10 Å². The second-order valence-electron chi connectivity index (χ2n) is 3.27. The van der Waals surface area contributed by atoms with Crippen LogP contribution in [0.4, 0.5) is 10.6 Å². The van der Waals surface area contributed by atoms with E-state index in [0.29, 0.717) is 5.82 Å². The molecule has 1 aromatic heterocycles. The minimum Gasteiger partial charge on any atom is -0.480 e. The van der Waals surface area contributed by atoms with Crippen molar-refractivity contribution in [3.63, 3.8) is 0 Å². The molecule has 0 saturated carbocycles. The largest absolute Gasteiger partial charge is 0.480 e. The summed E-state index contributed by atoms with van der Waals surface area (Å²) in [6.45, 7) is 0. The number of carboxylic acid groups (broad SMARTS) is 1. The Morgan fingerprint density at radius 2 is 2.41 bits per heavy atom. The number of aliphatic carboxylic acids is 1. The van der Waals surface area contributed by atoms with E-state index in [4.69, 9.17) is 11.5 Å². The van der Waals surface area contributed by atoms with Crippen LogP contribution >= 0.6 is 0 Å². The lowest BCUT2D eigenvalue weighted by Gasteiger charge is -2.11. The molecule has 0 aliphatic heterocycles. The van der Waals surface area contributed by atoms with Gasteiger partial charge in [-0.3, -0.25) is 10.00 Å². The number of hydrogen-bond acceptors (Lipinski definition) is 3. The maximum Gasteiger partial charge on any atom is 0.327 e. The molecule has 0 spiro atoms. The third-order valence-corrected chi connectivity index (χ3v) is 1.88. The van der Waals surface area contributed by atoms with Crippen molar-refractivity contribution < 1.29 is 14.7 Å². The third-order valence-electron chi connectivity index (χ3n) is 1.88. The summed E-state index contributed by atoms with van der Waals surface area (Å²) in [4.78, 5) is 22.1. The Morgan fingerprint density at radius 1 is 1.71 bits per heavy atom. The maximum atomic E-state index is 11.4. The van der Waals surface area contributed by atoms with E-state index in [1.165, 1.54) is 4.68 Å². The topological polar surface area (TPSA) is 96.3 Å². The Morgan fingerprint density at radius 3 is 2.88 bits per heavy atom. The molecular weight excluding hydrogens is 224 g/mol. The third kappa shape index (κ3) is 3.87. The van der Waals surface area contributed by atoms with E-state index in [0.717, 1.165) is 0 Å². The van der Waals surface area contributed by atoms with E-state index in [1.54, 1.807) is 19.3 Å². The molecule has 1 heterocycles. The fourth-order valence-corrected chi connectivity index (χ4v) is 1.11. The van der Waals surface area contributed by atoms with Gasteiger partial charge in [0.15, 0.2) is 5.82 Å². The van der Waals surface area contributed by atoms with Crippen molar-refractivity contribution in [2.75, 3.05) is 5.32 Å². The molecule has 0 bridgehead atoms. The van der Waals surface area contributed by atoms with Crippen molar-refractivity contribution in [3.05, 3.63) is 12.3 Å². The second-order valence-corrected chi connectivity index (χ2v) is 3.27. The normalized spacial score (nSPS) is 11.3. The van der Waals surface area contributed by atoms with E-state index >= 15 is 0 Å². The molecule has 17 heavy (non-hydrogen) atoms. The molecule has 1 unspecified atom stereocenters. The molecule has 2 amide bonds. The molecule has 1 rings (SSSR count). The number of amides is 2. The molecule has 1 atom stereocenters. The fraction of sp³-hybridized carbons (Fsp3) is 0.300. The SMILES string of the molecule is C#CCC(NC(=O)Nc1ccn(C)n1)C(=O)O. The van der Waals surface area contributed by atoms with Gasteiger partial charge in [-0.1, -0.05) is 0 Å². The zero-order valence-corrected chi connectivity index (χ0v) is 9.17. The minimum absolute atomic E-state index is 0.0784. The predicted octanol–water partition coefficient (Wildman–Crippen LogP) is 0.0181. The van der Waals surface area contributed by atoms with E-state index < -0.39 is 18.0 Å². The Balaban J connectivity index is 2.54. The lowest BCUT2D eigenvalue weighted by atomic mass is 10.2. The number of aromatic nitrogens is 2.